The molecular formula is C18H20ClNO4S. The normalized spacial score (nSPS) is 10.3. The molecule has 7 heteroatoms. The number of hydrogen-bond donors (Lipinski definition) is 1. The van der Waals surface area contributed by atoms with E-state index in [1.807, 2.05) is 12.3 Å². The Kier molecular flexibility index (Phi) is 6.84. The maximum absolute atomic E-state index is 12.5. The lowest BCUT2D eigenvalue weighted by molar-refractivity contribution is 0.0950. The predicted octanol–water partition coefficient (Wildman–Crippen LogP) is 4.02. The van der Waals surface area contributed by atoms with Crippen molar-refractivity contribution >= 4 is 29.3 Å². The molecule has 0 aliphatic carbocycles. The monoisotopic (exact) mass is 381 g/mol. The maximum Gasteiger partial charge on any atom is 0.253 e. The van der Waals surface area contributed by atoms with E-state index in [0.29, 0.717) is 27.8 Å². The molecule has 0 heterocycles. The highest BCUT2D eigenvalue weighted by atomic mass is 35.5. The number of thioether (sulfide) groups is 1. The summed E-state index contributed by atoms with van der Waals surface area (Å²) < 4.78 is 15.9. The summed E-state index contributed by atoms with van der Waals surface area (Å²) in [5.74, 6) is 1.47. The van der Waals surface area contributed by atoms with Crippen LogP contribution in [0.15, 0.2) is 35.2 Å². The number of carbonyl (C=O) groups is 1. The fourth-order valence-corrected chi connectivity index (χ4v) is 2.95. The predicted molar refractivity (Wildman–Crippen MR) is 101 cm³/mol. The maximum atomic E-state index is 12.5. The van der Waals surface area contributed by atoms with Gasteiger partial charge in [0.2, 0.25) is 0 Å². The minimum absolute atomic E-state index is 0.252. The second-order valence-corrected chi connectivity index (χ2v) is 6.33. The van der Waals surface area contributed by atoms with Crippen LogP contribution in [0.25, 0.3) is 0 Å². The summed E-state index contributed by atoms with van der Waals surface area (Å²) in [6, 6.07) is 8.87. The Morgan fingerprint density at radius 1 is 1.04 bits per heavy atom. The van der Waals surface area contributed by atoms with Crippen molar-refractivity contribution < 1.29 is 19.0 Å². The summed E-state index contributed by atoms with van der Waals surface area (Å²) >= 11 is 7.69. The van der Waals surface area contributed by atoms with Crippen LogP contribution in [0.2, 0.25) is 5.02 Å². The van der Waals surface area contributed by atoms with E-state index in [9.17, 15) is 4.79 Å². The third-order valence-electron chi connectivity index (χ3n) is 3.64. The third-order valence-corrected chi connectivity index (χ3v) is 4.70. The Labute approximate surface area is 156 Å². The van der Waals surface area contributed by atoms with Crippen molar-refractivity contribution in [3.05, 3.63) is 46.5 Å². The van der Waals surface area contributed by atoms with Gasteiger partial charge in [-0.15, -0.1) is 11.8 Å². The van der Waals surface area contributed by atoms with Crippen molar-refractivity contribution in [1.82, 2.24) is 5.32 Å². The first-order valence-corrected chi connectivity index (χ1v) is 9.05. The van der Waals surface area contributed by atoms with E-state index in [1.165, 1.54) is 0 Å². The first-order chi connectivity index (χ1) is 12.0. The molecule has 5 nitrogen and oxygen atoms in total. The molecule has 2 aromatic rings. The highest BCUT2D eigenvalue weighted by molar-refractivity contribution is 7.98. The van der Waals surface area contributed by atoms with Crippen molar-refractivity contribution in [2.75, 3.05) is 27.6 Å². The van der Waals surface area contributed by atoms with E-state index in [2.05, 4.69) is 5.32 Å². The number of hydrogen-bond acceptors (Lipinski definition) is 5. The summed E-state index contributed by atoms with van der Waals surface area (Å²) in [5, 5.41) is 3.27. The van der Waals surface area contributed by atoms with Crippen LogP contribution in [0.3, 0.4) is 0 Å². The summed E-state index contributed by atoms with van der Waals surface area (Å²) in [4.78, 5) is 13.5. The minimum Gasteiger partial charge on any atom is -0.496 e. The Balaban J connectivity index is 2.22. The average Bonchev–Trinajstić information content (AvgIpc) is 2.65. The standard InChI is InChI=1S/C18H20ClNO4S/c1-22-15-9-17(24-3)16(23-2)7-11(15)10-20-18(21)13-8-12(25-4)5-6-14(13)19/h5-9H,10H2,1-4H3,(H,20,21). The van der Waals surface area contributed by atoms with E-state index < -0.39 is 0 Å². The van der Waals surface area contributed by atoms with Crippen LogP contribution in [0, 0.1) is 0 Å². The van der Waals surface area contributed by atoms with Gasteiger partial charge in [0.1, 0.15) is 5.75 Å². The van der Waals surface area contributed by atoms with Crippen LogP contribution in [-0.4, -0.2) is 33.5 Å². The van der Waals surface area contributed by atoms with Gasteiger partial charge in [0.25, 0.3) is 5.91 Å². The molecule has 0 saturated heterocycles. The lowest BCUT2D eigenvalue weighted by Gasteiger charge is -2.15. The van der Waals surface area contributed by atoms with Crippen molar-refractivity contribution in [2.24, 2.45) is 0 Å². The van der Waals surface area contributed by atoms with Crippen molar-refractivity contribution in [1.29, 1.82) is 0 Å². The third kappa shape index (κ3) is 4.52. The summed E-state index contributed by atoms with van der Waals surface area (Å²) in [5.41, 5.74) is 1.21. The first-order valence-electron chi connectivity index (χ1n) is 7.44. The number of ether oxygens (including phenoxy) is 3. The topological polar surface area (TPSA) is 56.8 Å². The zero-order valence-corrected chi connectivity index (χ0v) is 16.1. The van der Waals surface area contributed by atoms with Crippen LogP contribution < -0.4 is 19.5 Å². The molecule has 0 radical (unpaired) electrons. The van der Waals surface area contributed by atoms with Gasteiger partial charge in [-0.2, -0.15) is 0 Å². The number of benzene rings is 2. The van der Waals surface area contributed by atoms with Crippen molar-refractivity contribution in [2.45, 2.75) is 11.4 Å². The van der Waals surface area contributed by atoms with Gasteiger partial charge in [0.05, 0.1) is 31.9 Å². The van der Waals surface area contributed by atoms with E-state index in [-0.39, 0.29) is 12.5 Å². The molecule has 0 fully saturated rings. The molecule has 0 aromatic heterocycles. The van der Waals surface area contributed by atoms with E-state index in [1.54, 1.807) is 57.4 Å². The molecule has 0 spiro atoms. The molecule has 0 aliphatic rings. The molecule has 1 N–H and O–H groups in total. The van der Waals surface area contributed by atoms with Gasteiger partial charge < -0.3 is 19.5 Å². The van der Waals surface area contributed by atoms with Gasteiger partial charge in [-0.3, -0.25) is 4.79 Å². The highest BCUT2D eigenvalue weighted by Gasteiger charge is 2.15. The van der Waals surface area contributed by atoms with Gasteiger partial charge in [-0.1, -0.05) is 11.6 Å². The number of carbonyl (C=O) groups excluding carboxylic acids is 1. The first kappa shape index (κ1) is 19.3. The number of methoxy groups -OCH3 is 3. The van der Waals surface area contributed by atoms with Crippen LogP contribution in [0.4, 0.5) is 0 Å². The van der Waals surface area contributed by atoms with E-state index >= 15 is 0 Å². The molecular weight excluding hydrogens is 362 g/mol. The molecule has 0 atom stereocenters. The molecule has 0 bridgehead atoms. The van der Waals surface area contributed by atoms with Crippen LogP contribution >= 0.6 is 23.4 Å². The smallest absolute Gasteiger partial charge is 0.253 e. The Bertz CT molecular complexity index is 767. The second kappa shape index (κ2) is 8.87. The number of rotatable bonds is 7. The van der Waals surface area contributed by atoms with Gasteiger partial charge in [-0.25, -0.2) is 0 Å². The molecule has 2 rings (SSSR count). The quantitative estimate of drug-likeness (QED) is 0.734. The Morgan fingerprint density at radius 2 is 1.68 bits per heavy atom. The number of halogens is 1. The fourth-order valence-electron chi connectivity index (χ4n) is 2.31. The summed E-state index contributed by atoms with van der Waals surface area (Å²) in [6.07, 6.45) is 1.94. The van der Waals surface area contributed by atoms with Gasteiger partial charge in [0.15, 0.2) is 11.5 Å². The molecule has 1 amide bonds. The van der Waals surface area contributed by atoms with Gasteiger partial charge in [0, 0.05) is 23.1 Å². The molecule has 0 unspecified atom stereocenters. The highest BCUT2D eigenvalue weighted by Crippen LogP contribution is 2.34. The molecule has 0 saturated carbocycles. The van der Waals surface area contributed by atoms with Gasteiger partial charge >= 0.3 is 0 Å². The molecule has 0 aliphatic heterocycles. The molecule has 134 valence electrons. The lowest BCUT2D eigenvalue weighted by Crippen LogP contribution is -2.23. The zero-order chi connectivity index (χ0) is 18.4. The Morgan fingerprint density at radius 3 is 2.28 bits per heavy atom. The number of nitrogens with one attached hydrogen (secondary N) is 1. The minimum atomic E-state index is -0.252. The van der Waals surface area contributed by atoms with Crippen LogP contribution in [0.5, 0.6) is 17.2 Å². The molecule has 25 heavy (non-hydrogen) atoms. The Hall–Kier alpha value is -2.05. The van der Waals surface area contributed by atoms with E-state index in [4.69, 9.17) is 25.8 Å². The fraction of sp³-hybridized carbons (Fsp3) is 0.278. The average molecular weight is 382 g/mol. The summed E-state index contributed by atoms with van der Waals surface area (Å²) in [6.45, 7) is 0.266. The van der Waals surface area contributed by atoms with Crippen molar-refractivity contribution in [3.63, 3.8) is 0 Å². The van der Waals surface area contributed by atoms with Crippen LogP contribution in [0.1, 0.15) is 15.9 Å². The second-order valence-electron chi connectivity index (χ2n) is 5.05. The van der Waals surface area contributed by atoms with Crippen molar-refractivity contribution in [3.8, 4) is 17.2 Å². The van der Waals surface area contributed by atoms with E-state index in [0.717, 1.165) is 10.5 Å². The largest absolute Gasteiger partial charge is 0.496 e. The van der Waals surface area contributed by atoms with Crippen LogP contribution in [-0.2, 0) is 6.54 Å². The summed E-state index contributed by atoms with van der Waals surface area (Å²) in [7, 11) is 4.67. The SMILES string of the molecule is COc1cc(OC)c(OC)cc1CNC(=O)c1cc(SC)ccc1Cl. The number of amides is 1. The zero-order valence-electron chi connectivity index (χ0n) is 14.5. The molecule has 2 aromatic carbocycles. The van der Waals surface area contributed by atoms with Gasteiger partial charge in [-0.05, 0) is 30.5 Å². The lowest BCUT2D eigenvalue weighted by atomic mass is 10.1.